The summed E-state index contributed by atoms with van der Waals surface area (Å²) in [6, 6.07) is 6.62. The molecule has 0 saturated carbocycles. The molecule has 2 aromatic rings. The molecule has 10 heteroatoms. The highest BCUT2D eigenvalue weighted by molar-refractivity contribution is 7.90. The molecule has 1 unspecified atom stereocenters. The van der Waals surface area contributed by atoms with Crippen molar-refractivity contribution < 1.29 is 17.9 Å². The number of sulfone groups is 1. The van der Waals surface area contributed by atoms with Gasteiger partial charge < -0.3 is 19.5 Å². The predicted molar refractivity (Wildman–Crippen MR) is 128 cm³/mol. The lowest BCUT2D eigenvalue weighted by Gasteiger charge is -2.26. The SMILES string of the molecule is CCNC(=O)N(Cc1cnc(S(=O)(=O)Cc2cccc(Cl)c2)n1CC(C)C)CC1CCCO1. The third-order valence-electron chi connectivity index (χ3n) is 5.39. The standard InChI is InChI=1S/C23H33ClN4O4S/c1-4-25-22(29)27(15-21-9-6-10-32-21)14-20-12-26-23(28(20)13-17(2)3)33(30,31)16-18-7-5-8-19(24)11-18/h5,7-8,11-12,17,21H,4,6,9-10,13-16H2,1-3H3,(H,25,29). The summed E-state index contributed by atoms with van der Waals surface area (Å²) >= 11 is 6.04. The van der Waals surface area contributed by atoms with E-state index < -0.39 is 9.84 Å². The zero-order valence-corrected chi connectivity index (χ0v) is 21.0. The van der Waals surface area contributed by atoms with Gasteiger partial charge in [0.15, 0.2) is 0 Å². The molecule has 2 heterocycles. The fourth-order valence-electron chi connectivity index (χ4n) is 3.95. The van der Waals surface area contributed by atoms with Crippen LogP contribution in [0.2, 0.25) is 5.02 Å². The Hall–Kier alpha value is -2.10. The minimum absolute atomic E-state index is 0.0131. The number of amides is 2. The van der Waals surface area contributed by atoms with Gasteiger partial charge in [0.25, 0.3) is 0 Å². The van der Waals surface area contributed by atoms with Crippen molar-refractivity contribution in [1.29, 1.82) is 0 Å². The first-order valence-electron chi connectivity index (χ1n) is 11.4. The fraction of sp³-hybridized carbons (Fsp3) is 0.565. The average molecular weight is 497 g/mol. The molecule has 8 nitrogen and oxygen atoms in total. The average Bonchev–Trinajstić information content (AvgIpc) is 3.37. The maximum absolute atomic E-state index is 13.3. The zero-order chi connectivity index (χ0) is 24.0. The number of hydrogen-bond donors (Lipinski definition) is 1. The summed E-state index contributed by atoms with van der Waals surface area (Å²) in [5, 5.41) is 3.35. The van der Waals surface area contributed by atoms with Crippen LogP contribution in [0, 0.1) is 5.92 Å². The molecule has 0 spiro atoms. The molecule has 1 aliphatic rings. The van der Waals surface area contributed by atoms with E-state index in [1.807, 2.05) is 20.8 Å². The number of halogens is 1. The molecule has 0 bridgehead atoms. The van der Waals surface area contributed by atoms with Gasteiger partial charge in [-0.3, -0.25) is 0 Å². The first-order valence-corrected chi connectivity index (χ1v) is 13.4. The summed E-state index contributed by atoms with van der Waals surface area (Å²) in [5.74, 6) is -0.00734. The van der Waals surface area contributed by atoms with Gasteiger partial charge in [0, 0.05) is 31.3 Å². The lowest BCUT2D eigenvalue weighted by atomic mass is 10.2. The van der Waals surface area contributed by atoms with Crippen molar-refractivity contribution in [3.05, 3.63) is 46.7 Å². The number of carbonyl (C=O) groups excluding carboxylic acids is 1. The van der Waals surface area contributed by atoms with E-state index in [0.29, 0.717) is 42.5 Å². The van der Waals surface area contributed by atoms with Crippen LogP contribution in [0.3, 0.4) is 0 Å². The van der Waals surface area contributed by atoms with Crippen molar-refractivity contribution >= 4 is 27.5 Å². The number of carbonyl (C=O) groups is 1. The smallest absolute Gasteiger partial charge is 0.317 e. The van der Waals surface area contributed by atoms with E-state index in [4.69, 9.17) is 16.3 Å². The van der Waals surface area contributed by atoms with Crippen molar-refractivity contribution in [2.75, 3.05) is 19.7 Å². The Morgan fingerprint density at radius 3 is 2.82 bits per heavy atom. The molecule has 1 fully saturated rings. The van der Waals surface area contributed by atoms with Gasteiger partial charge >= 0.3 is 6.03 Å². The van der Waals surface area contributed by atoms with Crippen LogP contribution in [0.4, 0.5) is 4.79 Å². The maximum Gasteiger partial charge on any atom is 0.317 e. The molecular weight excluding hydrogens is 464 g/mol. The maximum atomic E-state index is 13.3. The van der Waals surface area contributed by atoms with Crippen LogP contribution in [0.25, 0.3) is 0 Å². The third-order valence-corrected chi connectivity index (χ3v) is 7.22. The van der Waals surface area contributed by atoms with Gasteiger partial charge in [0.05, 0.1) is 30.3 Å². The first-order chi connectivity index (χ1) is 15.7. The van der Waals surface area contributed by atoms with Crippen molar-refractivity contribution in [2.45, 2.75) is 63.7 Å². The summed E-state index contributed by atoms with van der Waals surface area (Å²) in [6.07, 6.45) is 3.43. The number of ether oxygens (including phenoxy) is 1. The van der Waals surface area contributed by atoms with Crippen LogP contribution in [0.1, 0.15) is 44.9 Å². The summed E-state index contributed by atoms with van der Waals surface area (Å²) in [5.41, 5.74) is 1.28. The minimum atomic E-state index is -3.72. The van der Waals surface area contributed by atoms with Crippen molar-refractivity contribution in [2.24, 2.45) is 5.92 Å². The fourth-order valence-corrected chi connectivity index (χ4v) is 5.65. The van der Waals surface area contributed by atoms with Crippen molar-refractivity contribution in [3.8, 4) is 0 Å². The molecule has 0 radical (unpaired) electrons. The molecule has 1 aliphatic heterocycles. The Kier molecular flexibility index (Phi) is 8.78. The molecular formula is C23H33ClN4O4S. The lowest BCUT2D eigenvalue weighted by molar-refractivity contribution is 0.0789. The normalized spacial score (nSPS) is 16.3. The van der Waals surface area contributed by atoms with Crippen LogP contribution >= 0.6 is 11.6 Å². The molecule has 1 aromatic heterocycles. The van der Waals surface area contributed by atoms with Crippen LogP contribution in [-0.4, -0.2) is 54.7 Å². The number of imidazole rings is 1. The van der Waals surface area contributed by atoms with E-state index in [1.54, 1.807) is 39.9 Å². The number of nitrogens with one attached hydrogen (secondary N) is 1. The van der Waals surface area contributed by atoms with E-state index in [-0.39, 0.29) is 35.5 Å². The summed E-state index contributed by atoms with van der Waals surface area (Å²) < 4.78 is 34.0. The second kappa shape index (κ2) is 11.4. The van der Waals surface area contributed by atoms with Crippen molar-refractivity contribution in [3.63, 3.8) is 0 Å². The largest absolute Gasteiger partial charge is 0.376 e. The van der Waals surface area contributed by atoms with Gasteiger partial charge in [0.1, 0.15) is 0 Å². The van der Waals surface area contributed by atoms with E-state index in [0.717, 1.165) is 12.8 Å². The van der Waals surface area contributed by atoms with Crippen molar-refractivity contribution in [1.82, 2.24) is 19.8 Å². The monoisotopic (exact) mass is 496 g/mol. The predicted octanol–water partition coefficient (Wildman–Crippen LogP) is 3.88. The number of benzene rings is 1. The molecule has 3 rings (SSSR count). The van der Waals surface area contributed by atoms with Crippen LogP contribution in [0.15, 0.2) is 35.6 Å². The van der Waals surface area contributed by atoms with Gasteiger partial charge in [-0.25, -0.2) is 18.2 Å². The van der Waals surface area contributed by atoms with E-state index in [1.165, 1.54) is 0 Å². The summed E-state index contributed by atoms with van der Waals surface area (Å²) in [6.45, 7) is 8.28. The topological polar surface area (TPSA) is 93.5 Å². The highest BCUT2D eigenvalue weighted by atomic mass is 35.5. The number of hydrogen-bond acceptors (Lipinski definition) is 5. The Morgan fingerprint density at radius 1 is 1.39 bits per heavy atom. The number of aromatic nitrogens is 2. The number of nitrogens with zero attached hydrogens (tertiary/aromatic N) is 3. The Bertz CT molecular complexity index is 1050. The second-order valence-corrected chi connectivity index (χ2v) is 11.1. The molecule has 182 valence electrons. The zero-order valence-electron chi connectivity index (χ0n) is 19.5. The van der Waals surface area contributed by atoms with E-state index >= 15 is 0 Å². The molecule has 1 aromatic carbocycles. The van der Waals surface area contributed by atoms with Gasteiger partial charge in [-0.2, -0.15) is 0 Å². The van der Waals surface area contributed by atoms with Crippen LogP contribution in [0.5, 0.6) is 0 Å². The second-order valence-electron chi connectivity index (χ2n) is 8.78. The highest BCUT2D eigenvalue weighted by Gasteiger charge is 2.28. The number of rotatable bonds is 10. The van der Waals surface area contributed by atoms with Gasteiger partial charge in [-0.1, -0.05) is 37.6 Å². The summed E-state index contributed by atoms with van der Waals surface area (Å²) in [4.78, 5) is 18.7. The van der Waals surface area contributed by atoms with E-state index in [9.17, 15) is 13.2 Å². The van der Waals surface area contributed by atoms with E-state index in [2.05, 4.69) is 10.3 Å². The number of urea groups is 1. The third kappa shape index (κ3) is 6.94. The van der Waals surface area contributed by atoms with Crippen LogP contribution < -0.4 is 5.32 Å². The first kappa shape index (κ1) is 25.5. The van der Waals surface area contributed by atoms with Gasteiger partial charge in [0.2, 0.25) is 15.0 Å². The Morgan fingerprint density at radius 2 is 2.18 bits per heavy atom. The molecule has 0 aliphatic carbocycles. The Labute approximate surface area is 201 Å². The highest BCUT2D eigenvalue weighted by Crippen LogP contribution is 2.22. The quantitative estimate of drug-likeness (QED) is 0.538. The molecule has 1 saturated heterocycles. The van der Waals surface area contributed by atoms with Crippen LogP contribution in [-0.2, 0) is 33.4 Å². The van der Waals surface area contributed by atoms with Gasteiger partial charge in [-0.05, 0) is 43.4 Å². The molecule has 2 amide bonds. The van der Waals surface area contributed by atoms with Gasteiger partial charge in [-0.15, -0.1) is 0 Å². The minimum Gasteiger partial charge on any atom is -0.376 e. The molecule has 1 N–H and O–H groups in total. The summed E-state index contributed by atoms with van der Waals surface area (Å²) in [7, 11) is -3.72. The molecule has 1 atom stereocenters. The lowest BCUT2D eigenvalue weighted by Crippen LogP contribution is -2.43. The Balaban J connectivity index is 1.90. The molecule has 33 heavy (non-hydrogen) atoms.